The van der Waals surface area contributed by atoms with E-state index in [1.165, 1.54) is 32.1 Å². The Morgan fingerprint density at radius 2 is 1.34 bits per heavy atom. The lowest BCUT2D eigenvalue weighted by Crippen LogP contribution is -2.34. The van der Waals surface area contributed by atoms with Crippen LogP contribution in [0.1, 0.15) is 75.8 Å². The second-order valence-electron chi connectivity index (χ2n) is 7.53. The van der Waals surface area contributed by atoms with Crippen LogP contribution >= 0.6 is 0 Å². The maximum absolute atomic E-state index is 13.0. The van der Waals surface area contributed by atoms with Crippen LogP contribution in [0.15, 0.2) is 18.2 Å². The largest absolute Gasteiger partial charge is 0.494 e. The van der Waals surface area contributed by atoms with Gasteiger partial charge in [-0.3, -0.25) is 0 Å². The number of alkyl halides is 6. The Bertz CT molecular complexity index is 600. The van der Waals surface area contributed by atoms with Gasteiger partial charge >= 0.3 is 19.5 Å². The predicted molar refractivity (Wildman–Crippen MR) is 99.9 cm³/mol. The second kappa shape index (κ2) is 10.7. The molecule has 1 aromatic carbocycles. The van der Waals surface area contributed by atoms with E-state index in [0.717, 1.165) is 19.3 Å². The lowest BCUT2D eigenvalue weighted by molar-refractivity contribution is -0.142. The van der Waals surface area contributed by atoms with E-state index in [2.05, 4.69) is 6.92 Å². The minimum atomic E-state index is -4.88. The fourth-order valence-electron chi connectivity index (χ4n) is 3.40. The molecule has 0 radical (unpaired) electrons. The van der Waals surface area contributed by atoms with Gasteiger partial charge in [-0.25, -0.2) is 0 Å². The highest BCUT2D eigenvalue weighted by molar-refractivity contribution is 6.61. The summed E-state index contributed by atoms with van der Waals surface area (Å²) in [6, 6.07) is 1.44. The molecule has 0 saturated carbocycles. The third-order valence-corrected chi connectivity index (χ3v) is 5.01. The van der Waals surface area contributed by atoms with Crippen molar-refractivity contribution in [3.8, 4) is 0 Å². The Hall–Kier alpha value is -1.22. The molecular weight excluding hydrogens is 397 g/mol. The van der Waals surface area contributed by atoms with Gasteiger partial charge in [0.2, 0.25) is 0 Å². The van der Waals surface area contributed by atoms with Gasteiger partial charge < -0.3 is 9.31 Å². The van der Waals surface area contributed by atoms with Crippen molar-refractivity contribution in [3.63, 3.8) is 0 Å². The molecule has 2 nitrogen and oxygen atoms in total. The first kappa shape index (κ1) is 24.1. The average Bonchev–Trinajstić information content (AvgIpc) is 3.11. The van der Waals surface area contributed by atoms with Crippen LogP contribution in [0.3, 0.4) is 0 Å². The van der Waals surface area contributed by atoms with E-state index in [4.69, 9.17) is 9.31 Å². The molecule has 1 atom stereocenters. The summed E-state index contributed by atoms with van der Waals surface area (Å²) < 4.78 is 88.9. The van der Waals surface area contributed by atoms with Crippen LogP contribution in [0.4, 0.5) is 26.3 Å². The van der Waals surface area contributed by atoms with Gasteiger partial charge in [0.15, 0.2) is 0 Å². The summed E-state index contributed by atoms with van der Waals surface area (Å²) in [4.78, 5) is 0. The molecule has 0 aromatic heterocycles. The van der Waals surface area contributed by atoms with Crippen LogP contribution < -0.4 is 5.46 Å². The molecule has 1 aromatic rings. The molecule has 0 bridgehead atoms. The molecule has 1 aliphatic heterocycles. The monoisotopic (exact) mass is 424 g/mol. The number of unbranched alkanes of at least 4 members (excludes halogenated alkanes) is 7. The number of hydrogen-bond donors (Lipinski definition) is 0. The molecule has 0 amide bonds. The summed E-state index contributed by atoms with van der Waals surface area (Å²) in [6.07, 6.45) is -0.278. The van der Waals surface area contributed by atoms with E-state index < -0.39 is 30.6 Å². The Labute approximate surface area is 168 Å². The van der Waals surface area contributed by atoms with E-state index in [9.17, 15) is 26.3 Å². The summed E-state index contributed by atoms with van der Waals surface area (Å²) in [6.45, 7) is 2.33. The molecule has 1 aliphatic rings. The van der Waals surface area contributed by atoms with Gasteiger partial charge in [-0.15, -0.1) is 0 Å². The smallest absolute Gasteiger partial charge is 0.405 e. The number of benzene rings is 1. The van der Waals surface area contributed by atoms with Crippen LogP contribution in [-0.2, 0) is 21.7 Å². The first-order chi connectivity index (χ1) is 13.6. The molecule has 1 fully saturated rings. The van der Waals surface area contributed by atoms with Crippen molar-refractivity contribution in [2.75, 3.05) is 6.61 Å². The van der Waals surface area contributed by atoms with E-state index in [0.29, 0.717) is 18.6 Å². The standard InChI is InChI=1S/C20H27BF6O2/c1-2-3-4-5-6-7-8-9-10-18-14-28-21(29-18)17-12-15(19(22,23)24)11-16(13-17)20(25,26)27/h11-13,18H,2-10,14H2,1H3. The Kier molecular flexibility index (Phi) is 8.88. The van der Waals surface area contributed by atoms with Gasteiger partial charge in [-0.05, 0) is 17.9 Å². The first-order valence-corrected chi connectivity index (χ1v) is 10.2. The third-order valence-electron chi connectivity index (χ3n) is 5.01. The minimum absolute atomic E-state index is 0.108. The van der Waals surface area contributed by atoms with Crippen molar-refractivity contribution in [3.05, 3.63) is 29.3 Å². The van der Waals surface area contributed by atoms with Crippen molar-refractivity contribution >= 4 is 12.6 Å². The fourth-order valence-corrected chi connectivity index (χ4v) is 3.40. The van der Waals surface area contributed by atoms with E-state index in [-0.39, 0.29) is 24.2 Å². The fraction of sp³-hybridized carbons (Fsp3) is 0.700. The Morgan fingerprint density at radius 1 is 0.828 bits per heavy atom. The second-order valence-corrected chi connectivity index (χ2v) is 7.53. The number of halogens is 6. The van der Waals surface area contributed by atoms with Crippen molar-refractivity contribution in [1.29, 1.82) is 0 Å². The zero-order valence-electron chi connectivity index (χ0n) is 16.5. The molecular formula is C20H27BF6O2. The zero-order valence-corrected chi connectivity index (χ0v) is 16.5. The minimum Gasteiger partial charge on any atom is -0.405 e. The molecule has 0 spiro atoms. The molecule has 1 unspecified atom stereocenters. The van der Waals surface area contributed by atoms with Gasteiger partial charge in [0.05, 0.1) is 23.8 Å². The quantitative estimate of drug-likeness (QED) is 0.247. The average molecular weight is 424 g/mol. The maximum Gasteiger partial charge on any atom is 0.494 e. The maximum atomic E-state index is 13.0. The lowest BCUT2D eigenvalue weighted by Gasteiger charge is -2.15. The van der Waals surface area contributed by atoms with Crippen LogP contribution in [-0.4, -0.2) is 19.8 Å². The normalized spacial score (nSPS) is 17.9. The molecule has 29 heavy (non-hydrogen) atoms. The van der Waals surface area contributed by atoms with Crippen LogP contribution in [0.2, 0.25) is 0 Å². The summed E-state index contributed by atoms with van der Waals surface area (Å²) >= 11 is 0. The zero-order chi connectivity index (χ0) is 21.5. The highest BCUT2D eigenvalue weighted by Crippen LogP contribution is 2.35. The summed E-state index contributed by atoms with van der Waals surface area (Å²) in [7, 11) is -1.21. The number of hydrogen-bond acceptors (Lipinski definition) is 2. The molecule has 0 aliphatic carbocycles. The van der Waals surface area contributed by atoms with Crippen molar-refractivity contribution in [2.45, 2.75) is 83.2 Å². The molecule has 9 heteroatoms. The molecule has 2 rings (SSSR count). The topological polar surface area (TPSA) is 18.5 Å². The molecule has 0 N–H and O–H groups in total. The van der Waals surface area contributed by atoms with Gasteiger partial charge in [0, 0.05) is 0 Å². The van der Waals surface area contributed by atoms with Gasteiger partial charge in [0.1, 0.15) is 0 Å². The van der Waals surface area contributed by atoms with Crippen LogP contribution in [0.5, 0.6) is 0 Å². The van der Waals surface area contributed by atoms with E-state index in [1.54, 1.807) is 0 Å². The van der Waals surface area contributed by atoms with Crippen molar-refractivity contribution in [2.24, 2.45) is 0 Å². The molecule has 1 saturated heterocycles. The summed E-state index contributed by atoms with van der Waals surface area (Å²) in [5, 5.41) is 0. The molecule has 164 valence electrons. The summed E-state index contributed by atoms with van der Waals surface area (Å²) in [5.74, 6) is 0. The number of rotatable bonds is 10. The van der Waals surface area contributed by atoms with Gasteiger partial charge in [-0.2, -0.15) is 26.3 Å². The van der Waals surface area contributed by atoms with Crippen molar-refractivity contribution < 1.29 is 35.7 Å². The molecule has 1 heterocycles. The SMILES string of the molecule is CCCCCCCCCCC1COB(c2cc(C(F)(F)F)cc(C(F)(F)F)c2)O1. The Morgan fingerprint density at radius 3 is 1.86 bits per heavy atom. The predicted octanol–water partition coefficient (Wildman–Crippen LogP) is 6.37. The van der Waals surface area contributed by atoms with Crippen LogP contribution in [0, 0.1) is 0 Å². The Balaban J connectivity index is 1.87. The highest BCUT2D eigenvalue weighted by atomic mass is 19.4. The highest BCUT2D eigenvalue weighted by Gasteiger charge is 2.40. The van der Waals surface area contributed by atoms with E-state index in [1.807, 2.05) is 0 Å². The first-order valence-electron chi connectivity index (χ1n) is 10.2. The van der Waals surface area contributed by atoms with Gasteiger partial charge in [-0.1, -0.05) is 70.4 Å². The van der Waals surface area contributed by atoms with Crippen molar-refractivity contribution in [1.82, 2.24) is 0 Å². The van der Waals surface area contributed by atoms with E-state index >= 15 is 0 Å². The third kappa shape index (κ3) is 7.85. The van der Waals surface area contributed by atoms with Crippen LogP contribution in [0.25, 0.3) is 0 Å². The van der Waals surface area contributed by atoms with Gasteiger partial charge in [0.25, 0.3) is 0 Å². The summed E-state index contributed by atoms with van der Waals surface area (Å²) in [5.41, 5.74) is -2.98. The lowest BCUT2D eigenvalue weighted by atomic mass is 9.77.